The van der Waals surface area contributed by atoms with E-state index in [1.54, 1.807) is 0 Å². The molecule has 3 unspecified atom stereocenters. The van der Waals surface area contributed by atoms with Gasteiger partial charge in [0.15, 0.2) is 0 Å². The molecule has 1 aromatic carbocycles. The molecule has 21 heavy (non-hydrogen) atoms. The van der Waals surface area contributed by atoms with Crippen molar-refractivity contribution in [3.05, 3.63) is 24.3 Å². The smallest absolute Gasteiger partial charge is 0.133 e. The lowest BCUT2D eigenvalue weighted by atomic mass is 9.80. The first-order valence-corrected chi connectivity index (χ1v) is 8.61. The fraction of sp³-hybridized carbons (Fsp3) is 0.647. The van der Waals surface area contributed by atoms with Gasteiger partial charge in [-0.1, -0.05) is 12.1 Å². The Labute approximate surface area is 131 Å². The molecular formula is C17H25NO2S. The molecule has 0 amide bonds. The topological polar surface area (TPSA) is 44.5 Å². The van der Waals surface area contributed by atoms with Gasteiger partial charge < -0.3 is 15.2 Å². The van der Waals surface area contributed by atoms with Gasteiger partial charge in [0.1, 0.15) is 11.9 Å². The Bertz CT molecular complexity index is 529. The molecule has 2 N–H and O–H groups in total. The molecule has 116 valence electrons. The van der Waals surface area contributed by atoms with Crippen LogP contribution in [0.15, 0.2) is 29.2 Å². The summed E-state index contributed by atoms with van der Waals surface area (Å²) in [5.41, 5.74) is 6.28. The summed E-state index contributed by atoms with van der Waals surface area (Å²) in [6, 6.07) is 8.18. The van der Waals surface area contributed by atoms with E-state index in [-0.39, 0.29) is 23.3 Å². The number of para-hydroxylation sites is 1. The minimum Gasteiger partial charge on any atom is -0.487 e. The van der Waals surface area contributed by atoms with Gasteiger partial charge in [-0.2, -0.15) is 0 Å². The number of rotatable bonds is 2. The zero-order chi connectivity index (χ0) is 15.3. The Hall–Kier alpha value is -0.710. The third-order valence-corrected chi connectivity index (χ3v) is 5.71. The maximum absolute atomic E-state index is 6.59. The molecule has 0 radical (unpaired) electrons. The molecule has 0 saturated carbocycles. The van der Waals surface area contributed by atoms with Gasteiger partial charge in [0.05, 0.1) is 11.2 Å². The van der Waals surface area contributed by atoms with E-state index in [0.29, 0.717) is 5.92 Å². The Morgan fingerprint density at radius 3 is 2.62 bits per heavy atom. The molecule has 2 aliphatic rings. The van der Waals surface area contributed by atoms with Gasteiger partial charge in [0.25, 0.3) is 0 Å². The molecule has 3 rings (SSSR count). The SMILES string of the molecule is CC1(C)CC(C(N)C2CSc3ccccc3O2)C(C)(C)O1. The van der Waals surface area contributed by atoms with Crippen molar-refractivity contribution >= 4 is 11.8 Å². The van der Waals surface area contributed by atoms with Gasteiger partial charge in [-0.05, 0) is 46.2 Å². The van der Waals surface area contributed by atoms with Crippen LogP contribution in [0.1, 0.15) is 34.1 Å². The number of thioether (sulfide) groups is 1. The van der Waals surface area contributed by atoms with E-state index in [9.17, 15) is 0 Å². The highest BCUT2D eigenvalue weighted by Crippen LogP contribution is 2.45. The van der Waals surface area contributed by atoms with E-state index in [1.165, 1.54) is 4.90 Å². The molecular weight excluding hydrogens is 282 g/mol. The standard InChI is InChI=1S/C17H25NO2S/c1-16(2)9-11(17(3,4)20-16)15(18)13-10-21-14-8-6-5-7-12(14)19-13/h5-8,11,13,15H,9-10,18H2,1-4H3. The summed E-state index contributed by atoms with van der Waals surface area (Å²) in [6.07, 6.45) is 1.03. The highest BCUT2D eigenvalue weighted by molar-refractivity contribution is 7.99. The molecule has 1 fully saturated rings. The van der Waals surface area contributed by atoms with Gasteiger partial charge >= 0.3 is 0 Å². The van der Waals surface area contributed by atoms with Crippen LogP contribution in [-0.4, -0.2) is 29.1 Å². The lowest BCUT2D eigenvalue weighted by Gasteiger charge is -2.37. The summed E-state index contributed by atoms with van der Waals surface area (Å²) >= 11 is 1.84. The highest BCUT2D eigenvalue weighted by atomic mass is 32.2. The lowest BCUT2D eigenvalue weighted by Crippen LogP contribution is -2.51. The molecule has 0 bridgehead atoms. The minimum absolute atomic E-state index is 0.0115. The summed E-state index contributed by atoms with van der Waals surface area (Å²) in [4.78, 5) is 1.21. The third-order valence-electron chi connectivity index (χ3n) is 4.57. The zero-order valence-electron chi connectivity index (χ0n) is 13.3. The second-order valence-electron chi connectivity index (χ2n) is 7.27. The molecule has 0 spiro atoms. The van der Waals surface area contributed by atoms with Crippen molar-refractivity contribution in [2.45, 2.75) is 62.4 Å². The van der Waals surface area contributed by atoms with Crippen molar-refractivity contribution in [2.75, 3.05) is 5.75 Å². The van der Waals surface area contributed by atoms with Crippen molar-refractivity contribution in [3.63, 3.8) is 0 Å². The van der Waals surface area contributed by atoms with Gasteiger partial charge in [0.2, 0.25) is 0 Å². The van der Waals surface area contributed by atoms with Crippen molar-refractivity contribution in [3.8, 4) is 5.75 Å². The van der Waals surface area contributed by atoms with Crippen LogP contribution < -0.4 is 10.5 Å². The zero-order valence-corrected chi connectivity index (χ0v) is 14.1. The average molecular weight is 307 g/mol. The van der Waals surface area contributed by atoms with E-state index < -0.39 is 0 Å². The molecule has 0 aromatic heterocycles. The lowest BCUT2D eigenvalue weighted by molar-refractivity contribution is -0.0794. The average Bonchev–Trinajstić information content (AvgIpc) is 2.65. The summed E-state index contributed by atoms with van der Waals surface area (Å²) in [7, 11) is 0. The number of hydrogen-bond acceptors (Lipinski definition) is 4. The molecule has 1 saturated heterocycles. The van der Waals surface area contributed by atoms with Crippen LogP contribution in [0.4, 0.5) is 0 Å². The maximum Gasteiger partial charge on any atom is 0.133 e. The Balaban J connectivity index is 1.76. The van der Waals surface area contributed by atoms with Crippen molar-refractivity contribution in [2.24, 2.45) is 11.7 Å². The minimum atomic E-state index is -0.200. The normalized spacial score (nSPS) is 31.3. The van der Waals surface area contributed by atoms with Gasteiger partial charge in [-0.25, -0.2) is 0 Å². The monoisotopic (exact) mass is 307 g/mol. The van der Waals surface area contributed by atoms with E-state index in [4.69, 9.17) is 15.2 Å². The molecule has 2 aliphatic heterocycles. The first-order chi connectivity index (χ1) is 9.78. The number of fused-ring (bicyclic) bond motifs is 1. The van der Waals surface area contributed by atoms with E-state index in [2.05, 4.69) is 33.8 Å². The number of nitrogens with two attached hydrogens (primary N) is 1. The molecule has 3 nitrogen and oxygen atoms in total. The van der Waals surface area contributed by atoms with Crippen LogP contribution in [0.25, 0.3) is 0 Å². The van der Waals surface area contributed by atoms with Crippen LogP contribution in [0, 0.1) is 5.92 Å². The molecule has 0 aliphatic carbocycles. The summed E-state index contributed by atoms with van der Waals surface area (Å²) in [5, 5.41) is 0. The largest absolute Gasteiger partial charge is 0.487 e. The van der Waals surface area contributed by atoms with Crippen molar-refractivity contribution < 1.29 is 9.47 Å². The van der Waals surface area contributed by atoms with Crippen LogP contribution in [0.5, 0.6) is 5.75 Å². The van der Waals surface area contributed by atoms with Gasteiger partial charge in [0, 0.05) is 22.6 Å². The fourth-order valence-corrected chi connectivity index (χ4v) is 4.76. The van der Waals surface area contributed by atoms with E-state index >= 15 is 0 Å². The predicted molar refractivity (Wildman–Crippen MR) is 86.9 cm³/mol. The van der Waals surface area contributed by atoms with Crippen LogP contribution in [0.3, 0.4) is 0 Å². The highest BCUT2D eigenvalue weighted by Gasteiger charge is 2.50. The first kappa shape index (κ1) is 15.2. The molecule has 2 heterocycles. The second kappa shape index (κ2) is 5.18. The first-order valence-electron chi connectivity index (χ1n) is 7.63. The second-order valence-corrected chi connectivity index (χ2v) is 8.33. The summed E-state index contributed by atoms with van der Waals surface area (Å²) in [5.74, 6) is 2.18. The number of benzene rings is 1. The number of ether oxygens (including phenoxy) is 2. The summed E-state index contributed by atoms with van der Waals surface area (Å²) in [6.45, 7) is 8.59. The Morgan fingerprint density at radius 1 is 1.24 bits per heavy atom. The van der Waals surface area contributed by atoms with Crippen molar-refractivity contribution in [1.82, 2.24) is 0 Å². The van der Waals surface area contributed by atoms with Crippen LogP contribution in [0.2, 0.25) is 0 Å². The van der Waals surface area contributed by atoms with Gasteiger partial charge in [-0.3, -0.25) is 0 Å². The molecule has 4 heteroatoms. The number of hydrogen-bond donors (Lipinski definition) is 1. The van der Waals surface area contributed by atoms with Crippen LogP contribution >= 0.6 is 11.8 Å². The van der Waals surface area contributed by atoms with Crippen molar-refractivity contribution in [1.29, 1.82) is 0 Å². The predicted octanol–water partition coefficient (Wildman–Crippen LogP) is 3.46. The third kappa shape index (κ3) is 2.94. The molecule has 3 atom stereocenters. The maximum atomic E-state index is 6.59. The fourth-order valence-electron chi connectivity index (χ4n) is 3.69. The molecule has 1 aromatic rings. The quantitative estimate of drug-likeness (QED) is 0.909. The Kier molecular flexibility index (Phi) is 3.75. The van der Waals surface area contributed by atoms with Crippen LogP contribution in [-0.2, 0) is 4.74 Å². The van der Waals surface area contributed by atoms with E-state index in [0.717, 1.165) is 17.9 Å². The van der Waals surface area contributed by atoms with E-state index in [1.807, 2.05) is 30.0 Å². The van der Waals surface area contributed by atoms with Gasteiger partial charge in [-0.15, -0.1) is 11.8 Å². The Morgan fingerprint density at radius 2 is 1.95 bits per heavy atom. The summed E-state index contributed by atoms with van der Waals surface area (Å²) < 4.78 is 12.4.